The third-order valence-electron chi connectivity index (χ3n) is 7.62. The number of hydrogen-bond donors (Lipinski definition) is 2. The lowest BCUT2D eigenvalue weighted by molar-refractivity contribution is -0.136. The van der Waals surface area contributed by atoms with Gasteiger partial charge in [-0.1, -0.05) is 12.1 Å². The fourth-order valence-electron chi connectivity index (χ4n) is 5.94. The number of benzene rings is 1. The Morgan fingerprint density at radius 1 is 1.20 bits per heavy atom. The van der Waals surface area contributed by atoms with Crippen molar-refractivity contribution in [3.8, 4) is 0 Å². The number of carbonyl (C=O) groups excluding carboxylic acids is 3. The number of piperidine rings is 3. The van der Waals surface area contributed by atoms with Gasteiger partial charge in [0.25, 0.3) is 5.91 Å². The molecule has 1 aromatic rings. The van der Waals surface area contributed by atoms with E-state index >= 15 is 0 Å². The molecular formula is C23H30N4O3. The minimum Gasteiger partial charge on any atom is -0.322 e. The summed E-state index contributed by atoms with van der Waals surface area (Å²) in [5, 5.41) is 5.67. The normalized spacial score (nSPS) is 30.8. The largest absolute Gasteiger partial charge is 0.322 e. The van der Waals surface area contributed by atoms with Crippen LogP contribution in [0.15, 0.2) is 18.2 Å². The number of nitrogens with zero attached hydrogens (tertiary/aromatic N) is 2. The lowest BCUT2D eigenvalue weighted by Gasteiger charge is -2.60. The van der Waals surface area contributed by atoms with Gasteiger partial charge in [0.2, 0.25) is 11.8 Å². The van der Waals surface area contributed by atoms with Gasteiger partial charge in [-0.2, -0.15) is 0 Å². The van der Waals surface area contributed by atoms with Crippen molar-refractivity contribution in [3.05, 3.63) is 34.9 Å². The van der Waals surface area contributed by atoms with E-state index in [2.05, 4.69) is 21.6 Å². The fourth-order valence-corrected chi connectivity index (χ4v) is 5.94. The van der Waals surface area contributed by atoms with Crippen LogP contribution in [0.3, 0.4) is 0 Å². The molecular weight excluding hydrogens is 380 g/mol. The molecule has 0 radical (unpaired) electrons. The fraction of sp³-hybridized carbons (Fsp3) is 0.609. The molecule has 3 amide bonds. The summed E-state index contributed by atoms with van der Waals surface area (Å²) < 4.78 is 0. The van der Waals surface area contributed by atoms with E-state index in [0.717, 1.165) is 31.1 Å². The van der Waals surface area contributed by atoms with E-state index in [1.54, 1.807) is 4.90 Å². The third kappa shape index (κ3) is 3.24. The summed E-state index contributed by atoms with van der Waals surface area (Å²) in [6.45, 7) is 3.47. The monoisotopic (exact) mass is 410 g/mol. The summed E-state index contributed by atoms with van der Waals surface area (Å²) in [4.78, 5) is 41.0. The SMILES string of the molecule is CNCCC12CC(CCN1Cc1ccc3c(c1)C(=O)N(C1CCC(=O)NC1=O)C3)C2. The summed E-state index contributed by atoms with van der Waals surface area (Å²) in [5.41, 5.74) is 3.17. The molecule has 1 aliphatic carbocycles. The Labute approximate surface area is 177 Å². The summed E-state index contributed by atoms with van der Waals surface area (Å²) in [6.07, 6.45) is 5.72. The Kier molecular flexibility index (Phi) is 4.90. The third-order valence-corrected chi connectivity index (χ3v) is 7.62. The van der Waals surface area contributed by atoms with Gasteiger partial charge < -0.3 is 10.2 Å². The Morgan fingerprint density at radius 2 is 2.03 bits per heavy atom. The van der Waals surface area contributed by atoms with Crippen molar-refractivity contribution in [2.45, 2.75) is 63.2 Å². The maximum Gasteiger partial charge on any atom is 0.255 e. The summed E-state index contributed by atoms with van der Waals surface area (Å²) in [7, 11) is 2.01. The smallest absolute Gasteiger partial charge is 0.255 e. The van der Waals surface area contributed by atoms with Crippen LogP contribution in [0.5, 0.6) is 0 Å². The standard InChI is InChI=1S/C23H30N4O3/c1-24-8-7-23-11-16(12-23)6-9-26(23)13-15-2-3-17-14-27(22(30)18(17)10-15)19-4-5-20(28)25-21(19)29/h2-3,10,16,19,24H,4-9,11-14H2,1H3,(H,25,28,29). The van der Waals surface area contributed by atoms with Crippen LogP contribution >= 0.6 is 0 Å². The number of fused-ring (bicyclic) bond motifs is 3. The molecule has 6 rings (SSSR count). The molecule has 5 aliphatic rings. The molecule has 4 heterocycles. The number of carbonyl (C=O) groups is 3. The van der Waals surface area contributed by atoms with Crippen LogP contribution in [0.4, 0.5) is 0 Å². The van der Waals surface area contributed by atoms with Crippen LogP contribution in [0.1, 0.15) is 60.0 Å². The van der Waals surface area contributed by atoms with Crippen LogP contribution in [0, 0.1) is 5.92 Å². The van der Waals surface area contributed by atoms with E-state index in [1.165, 1.54) is 31.2 Å². The van der Waals surface area contributed by atoms with Gasteiger partial charge in [0.1, 0.15) is 6.04 Å². The second-order valence-electron chi connectivity index (χ2n) is 9.45. The zero-order valence-electron chi connectivity index (χ0n) is 17.6. The van der Waals surface area contributed by atoms with Gasteiger partial charge in [-0.3, -0.25) is 24.6 Å². The molecule has 4 aliphatic heterocycles. The first-order chi connectivity index (χ1) is 14.5. The average molecular weight is 411 g/mol. The molecule has 1 atom stereocenters. The van der Waals surface area contributed by atoms with Gasteiger partial charge in [-0.15, -0.1) is 0 Å². The molecule has 30 heavy (non-hydrogen) atoms. The molecule has 0 spiro atoms. The van der Waals surface area contributed by atoms with Gasteiger partial charge in [0.05, 0.1) is 0 Å². The van der Waals surface area contributed by atoms with E-state index in [1.807, 2.05) is 19.2 Å². The molecule has 1 aromatic carbocycles. The van der Waals surface area contributed by atoms with Crippen molar-refractivity contribution < 1.29 is 14.4 Å². The van der Waals surface area contributed by atoms with Gasteiger partial charge in [0, 0.05) is 30.6 Å². The van der Waals surface area contributed by atoms with Crippen molar-refractivity contribution in [2.75, 3.05) is 20.1 Å². The first kappa shape index (κ1) is 19.7. The van der Waals surface area contributed by atoms with Gasteiger partial charge >= 0.3 is 0 Å². The van der Waals surface area contributed by atoms with E-state index < -0.39 is 6.04 Å². The molecule has 2 bridgehead atoms. The van der Waals surface area contributed by atoms with Gasteiger partial charge in [-0.25, -0.2) is 0 Å². The predicted octanol–water partition coefficient (Wildman–Crippen LogP) is 1.41. The quantitative estimate of drug-likeness (QED) is 0.693. The second kappa shape index (κ2) is 7.46. The number of amides is 3. The Hall–Kier alpha value is -2.25. The lowest BCUT2D eigenvalue weighted by Crippen LogP contribution is -2.62. The summed E-state index contributed by atoms with van der Waals surface area (Å²) in [5.74, 6) is 0.192. The highest BCUT2D eigenvalue weighted by molar-refractivity contribution is 6.05. The summed E-state index contributed by atoms with van der Waals surface area (Å²) in [6, 6.07) is 5.66. The highest BCUT2D eigenvalue weighted by Crippen LogP contribution is 2.51. The van der Waals surface area contributed by atoms with E-state index in [0.29, 0.717) is 24.1 Å². The zero-order valence-corrected chi connectivity index (χ0v) is 17.6. The molecule has 4 fully saturated rings. The molecule has 2 N–H and O–H groups in total. The van der Waals surface area contributed by atoms with E-state index in [-0.39, 0.29) is 24.1 Å². The Bertz CT molecular complexity index is 892. The lowest BCUT2D eigenvalue weighted by atomic mass is 9.61. The highest BCUT2D eigenvalue weighted by Gasteiger charge is 2.51. The number of rotatable bonds is 6. The number of nitrogens with one attached hydrogen (secondary N) is 2. The maximum atomic E-state index is 13.1. The van der Waals surface area contributed by atoms with Crippen LogP contribution in [0.2, 0.25) is 0 Å². The van der Waals surface area contributed by atoms with Crippen molar-refractivity contribution >= 4 is 17.7 Å². The van der Waals surface area contributed by atoms with Gasteiger partial charge in [-0.05, 0) is 75.4 Å². The molecule has 1 saturated carbocycles. The topological polar surface area (TPSA) is 81.8 Å². The minimum absolute atomic E-state index is 0.0893. The number of hydrogen-bond acceptors (Lipinski definition) is 5. The van der Waals surface area contributed by atoms with E-state index in [9.17, 15) is 14.4 Å². The minimum atomic E-state index is -0.551. The van der Waals surface area contributed by atoms with Crippen molar-refractivity contribution in [1.82, 2.24) is 20.4 Å². The van der Waals surface area contributed by atoms with Crippen LogP contribution < -0.4 is 10.6 Å². The molecule has 7 nitrogen and oxygen atoms in total. The number of imide groups is 1. The molecule has 1 unspecified atom stereocenters. The van der Waals surface area contributed by atoms with Crippen molar-refractivity contribution in [1.29, 1.82) is 0 Å². The van der Waals surface area contributed by atoms with Crippen LogP contribution in [-0.2, 0) is 22.7 Å². The van der Waals surface area contributed by atoms with Crippen molar-refractivity contribution in [2.24, 2.45) is 5.92 Å². The molecule has 0 aromatic heterocycles. The average Bonchev–Trinajstić information content (AvgIpc) is 3.02. The first-order valence-corrected chi connectivity index (χ1v) is 11.2. The Morgan fingerprint density at radius 3 is 2.80 bits per heavy atom. The summed E-state index contributed by atoms with van der Waals surface area (Å²) >= 11 is 0. The van der Waals surface area contributed by atoms with E-state index in [4.69, 9.17) is 0 Å². The second-order valence-corrected chi connectivity index (χ2v) is 9.45. The maximum absolute atomic E-state index is 13.1. The Balaban J connectivity index is 1.31. The molecule has 3 saturated heterocycles. The first-order valence-electron chi connectivity index (χ1n) is 11.2. The molecule has 160 valence electrons. The molecule has 7 heteroatoms. The predicted molar refractivity (Wildman–Crippen MR) is 112 cm³/mol. The van der Waals surface area contributed by atoms with Crippen LogP contribution in [0.25, 0.3) is 0 Å². The van der Waals surface area contributed by atoms with Crippen molar-refractivity contribution in [3.63, 3.8) is 0 Å². The van der Waals surface area contributed by atoms with Crippen LogP contribution in [-0.4, -0.2) is 59.2 Å². The van der Waals surface area contributed by atoms with Gasteiger partial charge in [0.15, 0.2) is 0 Å². The zero-order chi connectivity index (χ0) is 20.9. The highest BCUT2D eigenvalue weighted by atomic mass is 16.2.